The first kappa shape index (κ1) is 23.0. The maximum absolute atomic E-state index is 12.6. The van der Waals surface area contributed by atoms with Crippen molar-refractivity contribution in [3.05, 3.63) is 64.7 Å². The Kier molecular flexibility index (Phi) is 8.24. The molecule has 0 saturated heterocycles. The van der Waals surface area contributed by atoms with Gasteiger partial charge >= 0.3 is 0 Å². The summed E-state index contributed by atoms with van der Waals surface area (Å²) in [6.45, 7) is 3.49. The summed E-state index contributed by atoms with van der Waals surface area (Å²) in [5.74, 6) is 1.16. The minimum atomic E-state index is 0.00183. The molecule has 0 saturated carbocycles. The van der Waals surface area contributed by atoms with Crippen LogP contribution < -0.4 is 10.1 Å². The van der Waals surface area contributed by atoms with Gasteiger partial charge in [0, 0.05) is 31.5 Å². The third kappa shape index (κ3) is 6.66. The van der Waals surface area contributed by atoms with Gasteiger partial charge in [0.15, 0.2) is 5.78 Å². The molecule has 5 heteroatoms. The summed E-state index contributed by atoms with van der Waals surface area (Å²) >= 11 is 0. The molecule has 2 aromatic carbocycles. The van der Waals surface area contributed by atoms with E-state index in [2.05, 4.69) is 29.4 Å². The van der Waals surface area contributed by atoms with Gasteiger partial charge in [-0.1, -0.05) is 30.3 Å². The zero-order chi connectivity index (χ0) is 22.2. The van der Waals surface area contributed by atoms with Crippen molar-refractivity contribution in [2.75, 3.05) is 27.2 Å². The highest BCUT2D eigenvalue weighted by atomic mass is 16.5. The number of methoxy groups -OCH3 is 1. The van der Waals surface area contributed by atoms with E-state index in [1.165, 1.54) is 16.7 Å². The Morgan fingerprint density at radius 3 is 2.61 bits per heavy atom. The fourth-order valence-corrected chi connectivity index (χ4v) is 4.33. The lowest BCUT2D eigenvalue weighted by Gasteiger charge is -2.17. The minimum absolute atomic E-state index is 0.00183. The molecule has 1 N–H and O–H groups in total. The van der Waals surface area contributed by atoms with Gasteiger partial charge in [-0.05, 0) is 74.5 Å². The molecule has 0 spiro atoms. The van der Waals surface area contributed by atoms with Crippen LogP contribution in [0.4, 0.5) is 0 Å². The van der Waals surface area contributed by atoms with Gasteiger partial charge in [-0.3, -0.25) is 9.59 Å². The molecule has 5 nitrogen and oxygen atoms in total. The average Bonchev–Trinajstić information content (AvgIpc) is 3.15. The van der Waals surface area contributed by atoms with Crippen LogP contribution in [0.2, 0.25) is 0 Å². The zero-order valence-corrected chi connectivity index (χ0v) is 18.9. The topological polar surface area (TPSA) is 58.6 Å². The number of ketones is 1. The molecule has 1 atom stereocenters. The normalized spacial score (nSPS) is 15.0. The quantitative estimate of drug-likeness (QED) is 0.442. The molecule has 31 heavy (non-hydrogen) atoms. The van der Waals surface area contributed by atoms with Gasteiger partial charge in [-0.15, -0.1) is 0 Å². The molecule has 2 aromatic rings. The van der Waals surface area contributed by atoms with Crippen LogP contribution in [0.5, 0.6) is 5.75 Å². The van der Waals surface area contributed by atoms with Crippen LogP contribution in [0.25, 0.3) is 0 Å². The molecule has 1 amide bonds. The van der Waals surface area contributed by atoms with Crippen molar-refractivity contribution in [2.45, 2.75) is 51.5 Å². The first-order chi connectivity index (χ1) is 15.0. The van der Waals surface area contributed by atoms with E-state index in [-0.39, 0.29) is 17.7 Å². The number of unbranched alkanes of at least 4 members (excludes halogenated alkanes) is 1. The number of Topliss-reactive ketones (excluding diaryl/α,β-unsaturated/α-hetero) is 1. The minimum Gasteiger partial charge on any atom is -0.496 e. The van der Waals surface area contributed by atoms with Crippen molar-refractivity contribution in [2.24, 2.45) is 0 Å². The van der Waals surface area contributed by atoms with Gasteiger partial charge in [0.1, 0.15) is 5.75 Å². The molecule has 1 aliphatic carbocycles. The molecule has 166 valence electrons. The van der Waals surface area contributed by atoms with Crippen LogP contribution in [-0.2, 0) is 24.1 Å². The summed E-state index contributed by atoms with van der Waals surface area (Å²) in [7, 11) is 3.84. The Hall–Kier alpha value is -2.66. The fourth-order valence-electron chi connectivity index (χ4n) is 4.33. The van der Waals surface area contributed by atoms with E-state index in [0.29, 0.717) is 6.42 Å². The lowest BCUT2D eigenvalue weighted by molar-refractivity contribution is -0.119. The predicted octanol–water partition coefficient (Wildman–Crippen LogP) is 3.83. The Balaban J connectivity index is 1.38. The maximum atomic E-state index is 12.6. The highest BCUT2D eigenvalue weighted by Crippen LogP contribution is 2.24. The van der Waals surface area contributed by atoms with E-state index in [1.54, 1.807) is 14.0 Å². The number of carbonyl (C=O) groups excluding carboxylic acids is 2. The number of hydrogen-bond donors (Lipinski definition) is 1. The van der Waals surface area contributed by atoms with Crippen molar-refractivity contribution in [1.29, 1.82) is 0 Å². The van der Waals surface area contributed by atoms with Gasteiger partial charge in [-0.25, -0.2) is 0 Å². The number of benzene rings is 2. The van der Waals surface area contributed by atoms with Crippen molar-refractivity contribution >= 4 is 11.7 Å². The van der Waals surface area contributed by atoms with Crippen LogP contribution in [-0.4, -0.2) is 49.9 Å². The van der Waals surface area contributed by atoms with Crippen molar-refractivity contribution in [3.63, 3.8) is 0 Å². The molecule has 1 aliphatic rings. The highest BCUT2D eigenvalue weighted by molar-refractivity contribution is 5.96. The van der Waals surface area contributed by atoms with Crippen LogP contribution in [0.15, 0.2) is 42.5 Å². The van der Waals surface area contributed by atoms with Gasteiger partial charge in [0.05, 0.1) is 7.11 Å². The molecule has 0 radical (unpaired) electrons. The lowest BCUT2D eigenvalue weighted by atomic mass is 10.0. The number of nitrogens with zero attached hydrogens (tertiary/aromatic N) is 1. The number of carbonyl (C=O) groups is 2. The van der Waals surface area contributed by atoms with E-state index in [9.17, 15) is 9.59 Å². The van der Waals surface area contributed by atoms with Crippen molar-refractivity contribution in [1.82, 2.24) is 10.2 Å². The van der Waals surface area contributed by atoms with Gasteiger partial charge in [0.25, 0.3) is 0 Å². The van der Waals surface area contributed by atoms with Gasteiger partial charge in [-0.2, -0.15) is 0 Å². The predicted molar refractivity (Wildman–Crippen MR) is 124 cm³/mol. The van der Waals surface area contributed by atoms with E-state index in [4.69, 9.17) is 4.74 Å². The fraction of sp³-hybridized carbons (Fsp3) is 0.462. The zero-order valence-electron chi connectivity index (χ0n) is 18.9. The third-order valence-corrected chi connectivity index (χ3v) is 6.02. The Labute approximate surface area is 185 Å². The van der Waals surface area contributed by atoms with Crippen molar-refractivity contribution in [3.8, 4) is 5.75 Å². The summed E-state index contributed by atoms with van der Waals surface area (Å²) in [5.41, 5.74) is 4.46. The number of amides is 1. The number of fused-ring (bicyclic) bond motifs is 1. The molecular weight excluding hydrogens is 388 g/mol. The monoisotopic (exact) mass is 422 g/mol. The molecule has 0 bridgehead atoms. The van der Waals surface area contributed by atoms with E-state index < -0.39 is 0 Å². The number of ether oxygens (including phenoxy) is 1. The number of nitrogens with one attached hydrogen (secondary N) is 1. The van der Waals surface area contributed by atoms with Crippen LogP contribution in [0.3, 0.4) is 0 Å². The van der Waals surface area contributed by atoms with E-state index >= 15 is 0 Å². The van der Waals surface area contributed by atoms with Crippen LogP contribution in [0.1, 0.15) is 53.2 Å². The first-order valence-corrected chi connectivity index (χ1v) is 11.2. The molecule has 3 rings (SSSR count). The summed E-state index contributed by atoms with van der Waals surface area (Å²) < 4.78 is 5.42. The standard InChI is InChI=1S/C26H34N2O3/c1-19(29)27-24-17-21-11-12-22(16-23(21)18-24)25(30)9-6-7-14-28(2)15-13-20-8-4-5-10-26(20)31-3/h4-5,8,10-12,16,24H,6-7,9,13-15,17-18H2,1-3H3,(H,27,29). The number of rotatable bonds is 11. The SMILES string of the molecule is COc1ccccc1CCN(C)CCCCC(=O)c1ccc2c(c1)CC(NC(C)=O)C2. The summed E-state index contributed by atoms with van der Waals surface area (Å²) in [4.78, 5) is 26.2. The number of hydrogen-bond acceptors (Lipinski definition) is 4. The highest BCUT2D eigenvalue weighted by Gasteiger charge is 2.23. The second-order valence-electron chi connectivity index (χ2n) is 8.53. The first-order valence-electron chi connectivity index (χ1n) is 11.2. The van der Waals surface area contributed by atoms with E-state index in [0.717, 1.165) is 56.5 Å². The smallest absolute Gasteiger partial charge is 0.217 e. The molecule has 1 unspecified atom stereocenters. The summed E-state index contributed by atoms with van der Waals surface area (Å²) in [6.07, 6.45) is 5.09. The second kappa shape index (κ2) is 11.1. The Bertz CT molecular complexity index is 909. The Morgan fingerprint density at radius 2 is 1.84 bits per heavy atom. The number of para-hydroxylation sites is 1. The third-order valence-electron chi connectivity index (χ3n) is 6.02. The molecule has 0 aliphatic heterocycles. The van der Waals surface area contributed by atoms with Crippen molar-refractivity contribution < 1.29 is 14.3 Å². The van der Waals surface area contributed by atoms with Gasteiger partial charge < -0.3 is 15.0 Å². The molecule has 0 fully saturated rings. The van der Waals surface area contributed by atoms with Gasteiger partial charge in [0.2, 0.25) is 5.91 Å². The number of likely N-dealkylation sites (N-methyl/N-ethyl adjacent to an activating group) is 1. The van der Waals surface area contributed by atoms with Crippen LogP contribution in [0, 0.1) is 0 Å². The molecule has 0 heterocycles. The van der Waals surface area contributed by atoms with E-state index in [1.807, 2.05) is 30.3 Å². The Morgan fingerprint density at radius 1 is 1.06 bits per heavy atom. The molecule has 0 aromatic heterocycles. The summed E-state index contributed by atoms with van der Waals surface area (Å²) in [6, 6.07) is 14.3. The maximum Gasteiger partial charge on any atom is 0.217 e. The lowest BCUT2D eigenvalue weighted by Crippen LogP contribution is -2.33. The average molecular weight is 423 g/mol. The largest absolute Gasteiger partial charge is 0.496 e. The van der Waals surface area contributed by atoms with Crippen LogP contribution >= 0.6 is 0 Å². The molecular formula is C26H34N2O3. The summed E-state index contributed by atoms with van der Waals surface area (Å²) in [5, 5.41) is 2.98. The second-order valence-corrected chi connectivity index (χ2v) is 8.53.